The Kier molecular flexibility index (Phi) is 4.64. The second-order valence-corrected chi connectivity index (χ2v) is 1.99. The largest absolute Gasteiger partial charge is 0.331 e. The van der Waals surface area contributed by atoms with Gasteiger partial charge in [-0.15, -0.1) is 24.0 Å². The summed E-state index contributed by atoms with van der Waals surface area (Å²) in [6, 6.07) is 8.48. The number of nitrogens with two attached hydrogens (primary N) is 1. The monoisotopic (exact) mass is 249 g/mol. The van der Waals surface area contributed by atoms with E-state index in [1.54, 1.807) is 0 Å². The first-order valence-electron chi connectivity index (χ1n) is 3.19. The topological polar surface area (TPSA) is 26.0 Å². The highest BCUT2D eigenvalue weighted by atomic mass is 127. The highest BCUT2D eigenvalue weighted by Crippen LogP contribution is 2.32. The van der Waals surface area contributed by atoms with Crippen molar-refractivity contribution in [1.82, 2.24) is 0 Å². The standard InChI is InChI=1S/C6H4.C2H7N.HI/c1-2-5-4-6(5)3-1;1-2-3;/h1-4H;2-3H2,1H3;1H. The summed E-state index contributed by atoms with van der Waals surface area (Å²) in [5.41, 5.74) is 7.70. The van der Waals surface area contributed by atoms with Crippen molar-refractivity contribution in [3.05, 3.63) is 24.3 Å². The van der Waals surface area contributed by atoms with E-state index in [0.717, 1.165) is 6.54 Å². The molecule has 1 nitrogen and oxygen atoms in total. The summed E-state index contributed by atoms with van der Waals surface area (Å²) >= 11 is 0. The fraction of sp³-hybridized carbons (Fsp3) is 0.250. The van der Waals surface area contributed by atoms with E-state index in [4.69, 9.17) is 5.73 Å². The molecule has 0 aromatic heterocycles. The smallest absolute Gasteiger partial charge is 0.0106 e. The van der Waals surface area contributed by atoms with Gasteiger partial charge in [0.2, 0.25) is 0 Å². The van der Waals surface area contributed by atoms with Crippen LogP contribution in [0.15, 0.2) is 24.3 Å². The minimum Gasteiger partial charge on any atom is -0.331 e. The van der Waals surface area contributed by atoms with Gasteiger partial charge in [-0.2, -0.15) is 0 Å². The molecular weight excluding hydrogens is 237 g/mol. The zero-order chi connectivity index (χ0) is 6.69. The van der Waals surface area contributed by atoms with Gasteiger partial charge >= 0.3 is 0 Å². The first kappa shape index (κ1) is 9.91. The molecule has 2 aliphatic rings. The second kappa shape index (κ2) is 4.68. The van der Waals surface area contributed by atoms with Crippen molar-refractivity contribution in [3.63, 3.8) is 0 Å². The maximum absolute atomic E-state index is 4.85. The zero-order valence-corrected chi connectivity index (χ0v) is 8.33. The van der Waals surface area contributed by atoms with E-state index in [9.17, 15) is 0 Å². The molecule has 0 spiro atoms. The molecule has 0 radical (unpaired) electrons. The van der Waals surface area contributed by atoms with Crippen LogP contribution in [0.3, 0.4) is 0 Å². The molecule has 2 rings (SSSR count). The normalized spacial score (nSPS) is 8.60. The van der Waals surface area contributed by atoms with Crippen molar-refractivity contribution < 1.29 is 0 Å². The van der Waals surface area contributed by atoms with Gasteiger partial charge < -0.3 is 5.73 Å². The highest BCUT2D eigenvalue weighted by molar-refractivity contribution is 14.0. The predicted octanol–water partition coefficient (Wildman–Crippen LogP) is 2.25. The van der Waals surface area contributed by atoms with Gasteiger partial charge in [-0.1, -0.05) is 25.1 Å². The van der Waals surface area contributed by atoms with Gasteiger partial charge in [0, 0.05) is 0 Å². The van der Waals surface area contributed by atoms with Gasteiger partial charge in [-0.05, 0) is 23.7 Å². The Morgan fingerprint density at radius 3 is 1.80 bits per heavy atom. The summed E-state index contributed by atoms with van der Waals surface area (Å²) in [7, 11) is 0. The van der Waals surface area contributed by atoms with E-state index in [1.807, 2.05) is 6.92 Å². The molecule has 0 amide bonds. The van der Waals surface area contributed by atoms with Crippen molar-refractivity contribution in [2.45, 2.75) is 6.92 Å². The molecule has 0 atom stereocenters. The molecule has 0 saturated heterocycles. The van der Waals surface area contributed by atoms with Crippen molar-refractivity contribution in [2.75, 3.05) is 6.54 Å². The summed E-state index contributed by atoms with van der Waals surface area (Å²) < 4.78 is 0. The van der Waals surface area contributed by atoms with Crippen LogP contribution in [0.5, 0.6) is 0 Å². The van der Waals surface area contributed by atoms with E-state index in [0.29, 0.717) is 0 Å². The molecule has 10 heavy (non-hydrogen) atoms. The molecule has 0 aromatic rings. The van der Waals surface area contributed by atoms with Crippen LogP contribution in [0.1, 0.15) is 6.92 Å². The summed E-state index contributed by atoms with van der Waals surface area (Å²) in [5, 5.41) is 0. The molecule has 0 aromatic carbocycles. The number of rotatable bonds is 0. The summed E-state index contributed by atoms with van der Waals surface area (Å²) in [6.45, 7) is 2.65. The Hall–Kier alpha value is -0.0900. The Morgan fingerprint density at radius 1 is 1.30 bits per heavy atom. The molecule has 0 heterocycles. The van der Waals surface area contributed by atoms with Crippen LogP contribution < -0.4 is 5.73 Å². The van der Waals surface area contributed by atoms with E-state index in [1.165, 1.54) is 11.1 Å². The van der Waals surface area contributed by atoms with Gasteiger partial charge in [0.1, 0.15) is 0 Å². The molecule has 56 valence electrons. The molecule has 2 heteroatoms. The number of hydrogen-bond acceptors (Lipinski definition) is 1. The average molecular weight is 249 g/mol. The quantitative estimate of drug-likeness (QED) is 0.712. The van der Waals surface area contributed by atoms with E-state index in [-0.39, 0.29) is 24.0 Å². The molecule has 0 bridgehead atoms. The van der Waals surface area contributed by atoms with Gasteiger partial charge in [0.25, 0.3) is 0 Å². The van der Waals surface area contributed by atoms with Crippen LogP contribution in [0.2, 0.25) is 0 Å². The lowest BCUT2D eigenvalue weighted by Gasteiger charge is -1.53. The Balaban J connectivity index is 0.000000183. The molecule has 0 unspecified atom stereocenters. The fourth-order valence-electron chi connectivity index (χ4n) is 0.676. The number of fused-ring (bicyclic) bond motifs is 1. The number of halogens is 1. The lowest BCUT2D eigenvalue weighted by atomic mass is 10.6. The van der Waals surface area contributed by atoms with Gasteiger partial charge in [-0.3, -0.25) is 0 Å². The lowest BCUT2D eigenvalue weighted by Crippen LogP contribution is -1.87. The minimum atomic E-state index is 0. The molecule has 0 aliphatic heterocycles. The van der Waals surface area contributed by atoms with Crippen molar-refractivity contribution in [2.24, 2.45) is 5.73 Å². The van der Waals surface area contributed by atoms with Crippen LogP contribution in [0.4, 0.5) is 0 Å². The molecule has 0 saturated carbocycles. The maximum Gasteiger partial charge on any atom is -0.0106 e. The molecule has 2 aliphatic carbocycles. The average Bonchev–Trinajstić information content (AvgIpc) is 2.43. The van der Waals surface area contributed by atoms with Gasteiger partial charge in [0.15, 0.2) is 0 Å². The molecule has 0 fully saturated rings. The summed E-state index contributed by atoms with van der Waals surface area (Å²) in [4.78, 5) is 0. The molecular formula is C8H12IN. The van der Waals surface area contributed by atoms with Crippen molar-refractivity contribution in [3.8, 4) is 11.1 Å². The maximum atomic E-state index is 4.85. The Labute approximate surface area is 78.6 Å². The summed E-state index contributed by atoms with van der Waals surface area (Å²) in [5.74, 6) is 0. The molecule has 2 N–H and O–H groups in total. The zero-order valence-electron chi connectivity index (χ0n) is 6.00. The van der Waals surface area contributed by atoms with Crippen molar-refractivity contribution in [1.29, 1.82) is 0 Å². The number of hydrogen-bond donors (Lipinski definition) is 1. The number of benzene rings is 1. The van der Waals surface area contributed by atoms with Gasteiger partial charge in [-0.25, -0.2) is 0 Å². The van der Waals surface area contributed by atoms with Crippen LogP contribution in [-0.2, 0) is 0 Å². The highest BCUT2D eigenvalue weighted by Gasteiger charge is 2.06. The summed E-state index contributed by atoms with van der Waals surface area (Å²) in [6.07, 6.45) is 0. The van der Waals surface area contributed by atoms with Crippen LogP contribution in [0.25, 0.3) is 11.1 Å². The second-order valence-electron chi connectivity index (χ2n) is 1.99. The third-order valence-electron chi connectivity index (χ3n) is 1.11. The minimum absolute atomic E-state index is 0. The third-order valence-corrected chi connectivity index (χ3v) is 1.11. The van der Waals surface area contributed by atoms with Crippen LogP contribution in [-0.4, -0.2) is 6.54 Å². The van der Waals surface area contributed by atoms with Crippen LogP contribution in [0, 0.1) is 0 Å². The van der Waals surface area contributed by atoms with Gasteiger partial charge in [0.05, 0.1) is 0 Å². The lowest BCUT2D eigenvalue weighted by molar-refractivity contribution is 1.14. The van der Waals surface area contributed by atoms with E-state index >= 15 is 0 Å². The third kappa shape index (κ3) is 2.66. The first-order valence-corrected chi connectivity index (χ1v) is 3.19. The van der Waals surface area contributed by atoms with E-state index < -0.39 is 0 Å². The van der Waals surface area contributed by atoms with E-state index in [2.05, 4.69) is 24.3 Å². The Bertz CT molecular complexity index is 181. The fourth-order valence-corrected chi connectivity index (χ4v) is 0.676. The predicted molar refractivity (Wildman–Crippen MR) is 55.6 cm³/mol. The van der Waals surface area contributed by atoms with Crippen LogP contribution >= 0.6 is 24.0 Å². The SMILES string of the molecule is CCN.I.c1cc2cc-2c1. The first-order chi connectivity index (χ1) is 4.38. The Morgan fingerprint density at radius 2 is 1.70 bits per heavy atom. The van der Waals surface area contributed by atoms with Crippen molar-refractivity contribution >= 4 is 24.0 Å².